The predicted octanol–water partition coefficient (Wildman–Crippen LogP) is 5.58. The minimum atomic E-state index is 0.263. The minimum absolute atomic E-state index is 0.263. The average Bonchev–Trinajstić information content (AvgIpc) is 3.25. The summed E-state index contributed by atoms with van der Waals surface area (Å²) in [4.78, 5) is 3.81. The van der Waals surface area contributed by atoms with E-state index in [2.05, 4.69) is 23.0 Å². The first-order valence-electron chi connectivity index (χ1n) is 9.12. The Labute approximate surface area is 167 Å². The number of nitrogens with two attached hydrogens (primary N) is 1. The zero-order chi connectivity index (χ0) is 20.0. The highest BCUT2D eigenvalue weighted by molar-refractivity contribution is 6.10. The summed E-state index contributed by atoms with van der Waals surface area (Å²) in [6.07, 6.45) is 0. The highest BCUT2D eigenvalue weighted by Gasteiger charge is 2.27. The van der Waals surface area contributed by atoms with Gasteiger partial charge in [0, 0.05) is 10.8 Å². The van der Waals surface area contributed by atoms with E-state index in [4.69, 9.17) is 12.3 Å². The van der Waals surface area contributed by atoms with Crippen molar-refractivity contribution in [3.8, 4) is 17.4 Å². The third-order valence-electron chi connectivity index (χ3n) is 5.19. The summed E-state index contributed by atoms with van der Waals surface area (Å²) in [6, 6.07) is 27.6. The van der Waals surface area contributed by atoms with Crippen molar-refractivity contribution in [1.29, 1.82) is 5.26 Å². The van der Waals surface area contributed by atoms with E-state index in [-0.39, 0.29) is 5.69 Å². The second-order valence-corrected chi connectivity index (χ2v) is 6.70. The summed E-state index contributed by atoms with van der Waals surface area (Å²) in [5.74, 6) is 0.316. The van der Waals surface area contributed by atoms with Gasteiger partial charge in [0.2, 0.25) is 5.69 Å². The predicted molar refractivity (Wildman–Crippen MR) is 115 cm³/mol. The van der Waals surface area contributed by atoms with Crippen molar-refractivity contribution < 1.29 is 0 Å². The summed E-state index contributed by atoms with van der Waals surface area (Å²) in [6.45, 7) is 7.90. The van der Waals surface area contributed by atoms with Crippen molar-refractivity contribution in [1.82, 2.24) is 9.13 Å². The van der Waals surface area contributed by atoms with Crippen LogP contribution in [0, 0.1) is 17.9 Å². The van der Waals surface area contributed by atoms with E-state index in [0.717, 1.165) is 27.5 Å². The quantitative estimate of drug-likeness (QED) is 0.411. The van der Waals surface area contributed by atoms with E-state index in [1.807, 2.05) is 71.3 Å². The Balaban J connectivity index is 1.98. The topological polar surface area (TPSA) is 64.0 Å². The molecule has 0 amide bonds. The Morgan fingerprint density at radius 3 is 1.90 bits per heavy atom. The largest absolute Gasteiger partial charge is 0.394 e. The fraction of sp³-hybridized carbons (Fsp3) is 0. The van der Waals surface area contributed by atoms with Crippen LogP contribution >= 0.6 is 0 Å². The fourth-order valence-electron chi connectivity index (χ4n) is 3.99. The van der Waals surface area contributed by atoms with E-state index in [1.165, 1.54) is 0 Å². The van der Waals surface area contributed by atoms with Gasteiger partial charge in [-0.15, -0.1) is 0 Å². The van der Waals surface area contributed by atoms with Crippen LogP contribution in [-0.4, -0.2) is 9.13 Å². The smallest absolute Gasteiger partial charge is 0.262 e. The molecule has 5 heteroatoms. The molecule has 0 spiro atoms. The van der Waals surface area contributed by atoms with Crippen LogP contribution in [0.2, 0.25) is 0 Å². The lowest BCUT2D eigenvalue weighted by molar-refractivity contribution is 1.06. The second kappa shape index (κ2) is 6.30. The van der Waals surface area contributed by atoms with Crippen LogP contribution in [0.4, 0.5) is 11.5 Å². The average molecular weight is 373 g/mol. The van der Waals surface area contributed by atoms with Gasteiger partial charge in [0.15, 0.2) is 0 Å². The summed E-state index contributed by atoms with van der Waals surface area (Å²) in [7, 11) is 0. The summed E-state index contributed by atoms with van der Waals surface area (Å²) in [5, 5.41) is 12.0. The first-order valence-corrected chi connectivity index (χ1v) is 9.12. The first-order chi connectivity index (χ1) is 14.3. The van der Waals surface area contributed by atoms with Gasteiger partial charge in [0.1, 0.15) is 17.4 Å². The maximum absolute atomic E-state index is 9.85. The third-order valence-corrected chi connectivity index (χ3v) is 5.19. The van der Waals surface area contributed by atoms with Gasteiger partial charge in [-0.05, 0) is 24.3 Å². The van der Waals surface area contributed by atoms with Gasteiger partial charge in [-0.3, -0.25) is 0 Å². The highest BCUT2D eigenvalue weighted by Crippen LogP contribution is 2.42. The van der Waals surface area contributed by atoms with Gasteiger partial charge in [0.25, 0.3) is 5.82 Å². The molecule has 0 fully saturated rings. The Hall–Kier alpha value is -4.48. The van der Waals surface area contributed by atoms with Crippen molar-refractivity contribution in [2.45, 2.75) is 0 Å². The fourth-order valence-corrected chi connectivity index (χ4v) is 3.99. The molecule has 3 aromatic carbocycles. The molecule has 0 bridgehead atoms. The Morgan fingerprint density at radius 2 is 1.34 bits per heavy atom. The number of hydrogen-bond acceptors (Lipinski definition) is 2. The molecule has 0 radical (unpaired) electrons. The molecule has 0 aliphatic heterocycles. The van der Waals surface area contributed by atoms with Gasteiger partial charge in [0.05, 0.1) is 16.7 Å². The van der Waals surface area contributed by atoms with Crippen LogP contribution in [0.3, 0.4) is 0 Å². The molecule has 0 atom stereocenters. The van der Waals surface area contributed by atoms with Gasteiger partial charge < -0.3 is 15.1 Å². The number of fused-ring (bicyclic) bond motifs is 3. The zero-order valence-corrected chi connectivity index (χ0v) is 15.4. The van der Waals surface area contributed by atoms with Crippen LogP contribution in [0.5, 0.6) is 0 Å². The molecule has 5 aromatic rings. The van der Waals surface area contributed by atoms with Crippen LogP contribution in [0.25, 0.3) is 38.0 Å². The molecule has 0 saturated heterocycles. The zero-order valence-electron chi connectivity index (χ0n) is 15.4. The summed E-state index contributed by atoms with van der Waals surface area (Å²) in [5.41, 5.74) is 10.2. The van der Waals surface area contributed by atoms with Crippen LogP contribution in [0.15, 0.2) is 78.9 Å². The molecular formula is C24H15N5. The van der Waals surface area contributed by atoms with Crippen LogP contribution in [0.1, 0.15) is 5.69 Å². The van der Waals surface area contributed by atoms with Crippen molar-refractivity contribution in [3.05, 3.63) is 96.0 Å². The monoisotopic (exact) mass is 373 g/mol. The minimum Gasteiger partial charge on any atom is -0.394 e. The number of anilines is 1. The van der Waals surface area contributed by atoms with Crippen molar-refractivity contribution in [3.63, 3.8) is 0 Å². The Kier molecular flexibility index (Phi) is 3.62. The summed E-state index contributed by atoms with van der Waals surface area (Å²) < 4.78 is 3.63. The maximum Gasteiger partial charge on any atom is 0.262 e. The lowest BCUT2D eigenvalue weighted by atomic mass is 10.2. The van der Waals surface area contributed by atoms with E-state index in [9.17, 15) is 5.26 Å². The van der Waals surface area contributed by atoms with Gasteiger partial charge in [-0.2, -0.15) is 5.26 Å². The molecule has 2 heterocycles. The molecule has 0 unspecified atom stereocenters. The molecule has 0 aliphatic carbocycles. The molecule has 0 saturated carbocycles. The lowest BCUT2D eigenvalue weighted by Gasteiger charge is -2.09. The lowest BCUT2D eigenvalue weighted by Crippen LogP contribution is -1.98. The molecule has 2 N–H and O–H groups in total. The van der Waals surface area contributed by atoms with E-state index < -0.39 is 0 Å². The Morgan fingerprint density at radius 1 is 0.793 bits per heavy atom. The number of para-hydroxylation sites is 3. The SMILES string of the molecule is [C-]#[N+]c1c(-n2c3ccccc3c3ccccc32)c(N)c(C#N)n1-c1ccccc1. The van der Waals surface area contributed by atoms with Crippen molar-refractivity contribution in [2.75, 3.05) is 5.73 Å². The van der Waals surface area contributed by atoms with E-state index in [0.29, 0.717) is 17.2 Å². The molecule has 0 aliphatic rings. The van der Waals surface area contributed by atoms with Crippen LogP contribution in [-0.2, 0) is 0 Å². The van der Waals surface area contributed by atoms with Gasteiger partial charge in [-0.25, -0.2) is 4.57 Å². The molecular weight excluding hydrogens is 358 g/mol. The molecule has 29 heavy (non-hydrogen) atoms. The molecule has 5 nitrogen and oxygen atoms in total. The van der Waals surface area contributed by atoms with Crippen molar-refractivity contribution >= 4 is 33.3 Å². The normalized spacial score (nSPS) is 10.8. The van der Waals surface area contributed by atoms with Crippen molar-refractivity contribution in [2.24, 2.45) is 0 Å². The second-order valence-electron chi connectivity index (χ2n) is 6.70. The first kappa shape index (κ1) is 16.7. The molecule has 2 aromatic heterocycles. The van der Waals surface area contributed by atoms with Crippen LogP contribution < -0.4 is 5.73 Å². The number of nitrogen functional groups attached to an aromatic ring is 1. The number of nitrogens with zero attached hydrogens (tertiary/aromatic N) is 4. The van der Waals surface area contributed by atoms with E-state index >= 15 is 0 Å². The molecule has 136 valence electrons. The number of benzene rings is 3. The maximum atomic E-state index is 9.85. The number of aromatic nitrogens is 2. The van der Waals surface area contributed by atoms with Gasteiger partial charge >= 0.3 is 0 Å². The standard InChI is InChI=1S/C24H15N5/c1-27-24-23(22(26)21(15-25)28(24)16-9-3-2-4-10-16)29-19-13-7-5-11-17(19)18-12-6-8-14-20(18)29/h2-14H,26H2. The third kappa shape index (κ3) is 2.25. The van der Waals surface area contributed by atoms with E-state index in [1.54, 1.807) is 4.57 Å². The Bertz CT molecular complexity index is 1420. The highest BCUT2D eigenvalue weighted by atomic mass is 15.2. The number of rotatable bonds is 2. The summed E-state index contributed by atoms with van der Waals surface area (Å²) >= 11 is 0. The number of nitriles is 1. The molecule has 5 rings (SSSR count). The van der Waals surface area contributed by atoms with Gasteiger partial charge in [-0.1, -0.05) is 61.2 Å². The number of hydrogen-bond donors (Lipinski definition) is 1.